The van der Waals surface area contributed by atoms with Gasteiger partial charge in [-0.25, -0.2) is 0 Å². The molecule has 3 heteroatoms. The van der Waals surface area contributed by atoms with Gasteiger partial charge in [0, 0.05) is 44.0 Å². The number of rotatable bonds is 2. The van der Waals surface area contributed by atoms with Crippen molar-refractivity contribution in [3.8, 4) is 0 Å². The van der Waals surface area contributed by atoms with Gasteiger partial charge in [0.2, 0.25) is 0 Å². The zero-order valence-corrected chi connectivity index (χ0v) is 7.98. The third-order valence-electron chi connectivity index (χ3n) is 2.71. The van der Waals surface area contributed by atoms with Gasteiger partial charge in [-0.1, -0.05) is 6.07 Å². The fourth-order valence-corrected chi connectivity index (χ4v) is 1.81. The van der Waals surface area contributed by atoms with E-state index in [1.807, 2.05) is 12.1 Å². The molecule has 0 N–H and O–H groups in total. The summed E-state index contributed by atoms with van der Waals surface area (Å²) in [5.41, 5.74) is 0.637. The second-order valence-corrected chi connectivity index (χ2v) is 3.47. The van der Waals surface area contributed by atoms with Crippen LogP contribution in [0.25, 0.3) is 0 Å². The van der Waals surface area contributed by atoms with Gasteiger partial charge in [0.25, 0.3) is 0 Å². The number of nitrogens with zero attached hydrogens (tertiary/aromatic N) is 1. The molecule has 74 valence electrons. The van der Waals surface area contributed by atoms with Crippen molar-refractivity contribution in [1.82, 2.24) is 4.98 Å². The Hall–Kier alpha value is -0.930. The van der Waals surface area contributed by atoms with Crippen LogP contribution in [-0.2, 0) is 15.1 Å². The SMILES string of the molecule is [CH]OC1(c2cccnc2)CCOCC1. The molecule has 0 bridgehead atoms. The Morgan fingerprint density at radius 2 is 2.21 bits per heavy atom. The van der Waals surface area contributed by atoms with Crippen molar-refractivity contribution in [3.63, 3.8) is 0 Å². The van der Waals surface area contributed by atoms with Crippen LogP contribution in [0.5, 0.6) is 0 Å². The minimum atomic E-state index is -0.396. The summed E-state index contributed by atoms with van der Waals surface area (Å²) in [5, 5.41) is 0. The standard InChI is InChI=1S/C11H13NO2/c1-13-11(4-7-14-8-5-11)10-3-2-6-12-9-10/h1-3,6,9H,4-5,7-8H2. The number of pyridine rings is 1. The maximum absolute atomic E-state index is 5.39. The van der Waals surface area contributed by atoms with Crippen molar-refractivity contribution in [2.45, 2.75) is 18.4 Å². The summed E-state index contributed by atoms with van der Waals surface area (Å²) < 4.78 is 10.4. The van der Waals surface area contributed by atoms with E-state index in [1.54, 1.807) is 12.4 Å². The first-order chi connectivity index (χ1) is 6.87. The molecule has 1 aliphatic rings. The second kappa shape index (κ2) is 4.07. The number of aromatic nitrogens is 1. The third kappa shape index (κ3) is 1.65. The predicted octanol–water partition coefficient (Wildman–Crippen LogP) is 1.77. The van der Waals surface area contributed by atoms with Gasteiger partial charge in [0.1, 0.15) is 7.11 Å². The van der Waals surface area contributed by atoms with Gasteiger partial charge in [-0.3, -0.25) is 4.98 Å². The maximum atomic E-state index is 5.39. The van der Waals surface area contributed by atoms with Crippen LogP contribution < -0.4 is 0 Å². The summed E-state index contributed by atoms with van der Waals surface area (Å²) in [4.78, 5) is 4.08. The molecule has 1 saturated heterocycles. The first-order valence-corrected chi connectivity index (χ1v) is 4.73. The molecule has 2 rings (SSSR count). The Kier molecular flexibility index (Phi) is 2.79. The van der Waals surface area contributed by atoms with Crippen molar-refractivity contribution >= 4 is 0 Å². The Morgan fingerprint density at radius 1 is 1.43 bits per heavy atom. The van der Waals surface area contributed by atoms with Crippen LogP contribution in [0.3, 0.4) is 0 Å². The van der Waals surface area contributed by atoms with E-state index in [0.717, 1.165) is 18.4 Å². The molecular formula is C11H13NO2. The highest BCUT2D eigenvalue weighted by molar-refractivity contribution is 5.19. The molecule has 14 heavy (non-hydrogen) atoms. The summed E-state index contributed by atoms with van der Waals surface area (Å²) in [7, 11) is 5.39. The molecule has 2 heterocycles. The smallest absolute Gasteiger partial charge is 0.116 e. The summed E-state index contributed by atoms with van der Waals surface area (Å²) in [6.07, 6.45) is 5.12. The number of hydrogen-bond donors (Lipinski definition) is 0. The van der Waals surface area contributed by atoms with Gasteiger partial charge in [-0.15, -0.1) is 0 Å². The highest BCUT2D eigenvalue weighted by atomic mass is 16.5. The maximum Gasteiger partial charge on any atom is 0.116 e. The van der Waals surface area contributed by atoms with Crippen molar-refractivity contribution in [2.75, 3.05) is 13.2 Å². The molecule has 2 radical (unpaired) electrons. The van der Waals surface area contributed by atoms with Crippen LogP contribution in [-0.4, -0.2) is 18.2 Å². The van der Waals surface area contributed by atoms with Crippen LogP contribution in [0.2, 0.25) is 0 Å². The fraction of sp³-hybridized carbons (Fsp3) is 0.455. The zero-order chi connectivity index (χ0) is 9.86. The molecular weight excluding hydrogens is 178 g/mol. The van der Waals surface area contributed by atoms with Gasteiger partial charge in [-0.2, -0.15) is 0 Å². The summed E-state index contributed by atoms with van der Waals surface area (Å²) in [5.74, 6) is 0. The lowest BCUT2D eigenvalue weighted by Crippen LogP contribution is -2.35. The minimum absolute atomic E-state index is 0.396. The molecule has 0 atom stereocenters. The van der Waals surface area contributed by atoms with Crippen molar-refractivity contribution < 1.29 is 9.47 Å². The van der Waals surface area contributed by atoms with Gasteiger partial charge in [0.05, 0.1) is 5.60 Å². The molecule has 0 amide bonds. The van der Waals surface area contributed by atoms with E-state index in [4.69, 9.17) is 16.6 Å². The molecule has 1 fully saturated rings. The summed E-state index contributed by atoms with van der Waals surface area (Å²) in [6, 6.07) is 3.89. The second-order valence-electron chi connectivity index (χ2n) is 3.47. The lowest BCUT2D eigenvalue weighted by atomic mass is 9.87. The first-order valence-electron chi connectivity index (χ1n) is 4.73. The number of hydrogen-bond acceptors (Lipinski definition) is 3. The van der Waals surface area contributed by atoms with Crippen LogP contribution in [0.1, 0.15) is 18.4 Å². The lowest BCUT2D eigenvalue weighted by molar-refractivity contribution is -0.0793. The molecule has 0 aromatic carbocycles. The monoisotopic (exact) mass is 191 g/mol. The van der Waals surface area contributed by atoms with Gasteiger partial charge >= 0.3 is 0 Å². The molecule has 0 saturated carbocycles. The largest absolute Gasteiger partial charge is 0.381 e. The van der Waals surface area contributed by atoms with Crippen LogP contribution in [0, 0.1) is 7.11 Å². The highest BCUT2D eigenvalue weighted by Gasteiger charge is 2.34. The van der Waals surface area contributed by atoms with E-state index in [2.05, 4.69) is 4.98 Å². The third-order valence-corrected chi connectivity index (χ3v) is 2.71. The van der Waals surface area contributed by atoms with Crippen molar-refractivity contribution in [3.05, 3.63) is 37.2 Å². The molecule has 0 aliphatic carbocycles. The van der Waals surface area contributed by atoms with E-state index in [1.165, 1.54) is 0 Å². The molecule has 0 spiro atoms. The highest BCUT2D eigenvalue weighted by Crippen LogP contribution is 2.35. The average molecular weight is 191 g/mol. The van der Waals surface area contributed by atoms with Gasteiger partial charge in [0.15, 0.2) is 0 Å². The Balaban J connectivity index is 2.27. The normalized spacial score (nSPS) is 20.6. The molecule has 1 aliphatic heterocycles. The topological polar surface area (TPSA) is 31.4 Å². The van der Waals surface area contributed by atoms with Crippen molar-refractivity contribution in [2.24, 2.45) is 0 Å². The van der Waals surface area contributed by atoms with E-state index < -0.39 is 5.60 Å². The van der Waals surface area contributed by atoms with Crippen molar-refractivity contribution in [1.29, 1.82) is 0 Å². The Labute approximate surface area is 84.1 Å². The van der Waals surface area contributed by atoms with Gasteiger partial charge < -0.3 is 9.47 Å². The van der Waals surface area contributed by atoms with E-state index in [0.29, 0.717) is 13.2 Å². The van der Waals surface area contributed by atoms with Crippen LogP contribution in [0.4, 0.5) is 0 Å². The van der Waals surface area contributed by atoms with E-state index in [9.17, 15) is 0 Å². The van der Waals surface area contributed by atoms with Gasteiger partial charge in [-0.05, 0) is 6.07 Å². The first kappa shape index (κ1) is 9.62. The quantitative estimate of drug-likeness (QED) is 0.714. The molecule has 3 nitrogen and oxygen atoms in total. The molecule has 1 aromatic rings. The summed E-state index contributed by atoms with van der Waals surface area (Å²) >= 11 is 0. The Morgan fingerprint density at radius 3 is 2.79 bits per heavy atom. The van der Waals surface area contributed by atoms with E-state index >= 15 is 0 Å². The minimum Gasteiger partial charge on any atom is -0.381 e. The van der Waals surface area contributed by atoms with Crippen LogP contribution in [0.15, 0.2) is 24.5 Å². The summed E-state index contributed by atoms with van der Waals surface area (Å²) in [6.45, 7) is 1.37. The predicted molar refractivity (Wildman–Crippen MR) is 51.4 cm³/mol. The average Bonchev–Trinajstić information content (AvgIpc) is 2.31. The Bertz CT molecular complexity index is 281. The zero-order valence-electron chi connectivity index (χ0n) is 7.98. The van der Waals surface area contributed by atoms with E-state index in [-0.39, 0.29) is 0 Å². The fourth-order valence-electron chi connectivity index (χ4n) is 1.81. The van der Waals surface area contributed by atoms with Crippen LogP contribution >= 0.6 is 0 Å². The lowest BCUT2D eigenvalue weighted by Gasteiger charge is -2.35. The number of ether oxygens (including phenoxy) is 2. The molecule has 0 unspecified atom stereocenters. The molecule has 1 aromatic heterocycles.